The lowest BCUT2D eigenvalue weighted by molar-refractivity contribution is -0.115. The molecule has 1 saturated carbocycles. The zero-order valence-electron chi connectivity index (χ0n) is 14.7. The third-order valence-electron chi connectivity index (χ3n) is 4.46. The van der Waals surface area contributed by atoms with Gasteiger partial charge < -0.3 is 14.2 Å². The van der Waals surface area contributed by atoms with Gasteiger partial charge in [0.15, 0.2) is 22.2 Å². The van der Waals surface area contributed by atoms with Gasteiger partial charge in [0.25, 0.3) is 0 Å². The first-order valence-electron chi connectivity index (χ1n) is 8.85. The Morgan fingerprint density at radius 2 is 2.11 bits per heavy atom. The highest BCUT2D eigenvalue weighted by Crippen LogP contribution is 2.40. The predicted molar refractivity (Wildman–Crippen MR) is 103 cm³/mol. The summed E-state index contributed by atoms with van der Waals surface area (Å²) in [6.07, 6.45) is 2.49. The first kappa shape index (κ1) is 16.3. The van der Waals surface area contributed by atoms with Crippen LogP contribution in [0.15, 0.2) is 44.5 Å². The number of furan rings is 1. The van der Waals surface area contributed by atoms with Crippen molar-refractivity contribution in [2.24, 2.45) is 0 Å². The van der Waals surface area contributed by atoms with E-state index >= 15 is 0 Å². The second kappa shape index (κ2) is 6.35. The Morgan fingerprint density at radius 3 is 2.89 bits per heavy atom. The van der Waals surface area contributed by atoms with Gasteiger partial charge in [-0.05, 0) is 50.1 Å². The second-order valence-electron chi connectivity index (χ2n) is 6.79. The number of benzene rings is 1. The van der Waals surface area contributed by atoms with Crippen LogP contribution in [0.5, 0.6) is 0 Å². The summed E-state index contributed by atoms with van der Waals surface area (Å²) in [6, 6.07) is 9.32. The third kappa shape index (κ3) is 3.38. The molecule has 1 aliphatic carbocycles. The highest BCUT2D eigenvalue weighted by molar-refractivity contribution is 7.13. The van der Waals surface area contributed by atoms with Crippen LogP contribution >= 0.6 is 11.3 Å². The lowest BCUT2D eigenvalue weighted by atomic mass is 10.2. The molecule has 0 aliphatic heterocycles. The Hall–Kier alpha value is -2.93. The van der Waals surface area contributed by atoms with E-state index in [0.717, 1.165) is 52.1 Å². The summed E-state index contributed by atoms with van der Waals surface area (Å²) < 4.78 is 11.3. The van der Waals surface area contributed by atoms with Crippen LogP contribution in [0.1, 0.15) is 36.1 Å². The third-order valence-corrected chi connectivity index (χ3v) is 5.36. The van der Waals surface area contributed by atoms with E-state index in [9.17, 15) is 4.79 Å². The molecule has 0 radical (unpaired) electrons. The van der Waals surface area contributed by atoms with Crippen molar-refractivity contribution in [1.82, 2.24) is 9.97 Å². The highest BCUT2D eigenvalue weighted by Gasteiger charge is 2.28. The standard InChI is InChI=1S/C20H17N3O3S/c1-11-2-6-17(25-11)20-22-14(10-27-20)9-18(24)21-13-5-7-16-15(8-13)23-19(26-16)12-3-4-12/h2,5-8,10,12H,3-4,9H2,1H3,(H,21,24). The number of aromatic nitrogens is 2. The summed E-state index contributed by atoms with van der Waals surface area (Å²) in [7, 11) is 0. The van der Waals surface area contributed by atoms with Crippen molar-refractivity contribution in [2.75, 3.05) is 5.32 Å². The lowest BCUT2D eigenvalue weighted by Gasteiger charge is -2.03. The molecule has 0 atom stereocenters. The molecule has 0 spiro atoms. The fourth-order valence-corrected chi connectivity index (χ4v) is 3.73. The second-order valence-corrected chi connectivity index (χ2v) is 7.65. The van der Waals surface area contributed by atoms with Crippen molar-refractivity contribution < 1.29 is 13.6 Å². The number of rotatable bonds is 5. The van der Waals surface area contributed by atoms with Crippen molar-refractivity contribution in [3.63, 3.8) is 0 Å². The molecule has 27 heavy (non-hydrogen) atoms. The molecular weight excluding hydrogens is 362 g/mol. The Labute approximate surface area is 159 Å². The minimum Gasteiger partial charge on any atom is -0.459 e. The van der Waals surface area contributed by atoms with E-state index in [1.807, 2.05) is 42.6 Å². The number of amides is 1. The maximum atomic E-state index is 12.4. The van der Waals surface area contributed by atoms with Gasteiger partial charge in [-0.15, -0.1) is 11.3 Å². The lowest BCUT2D eigenvalue weighted by Crippen LogP contribution is -2.14. The van der Waals surface area contributed by atoms with Gasteiger partial charge in [-0.2, -0.15) is 0 Å². The normalized spacial score (nSPS) is 14.0. The van der Waals surface area contributed by atoms with E-state index in [1.54, 1.807) is 0 Å². The van der Waals surface area contributed by atoms with Gasteiger partial charge in [0.2, 0.25) is 5.91 Å². The smallest absolute Gasteiger partial charge is 0.230 e. The number of oxazole rings is 1. The molecule has 1 N–H and O–H groups in total. The van der Waals surface area contributed by atoms with Crippen LogP contribution in [0.3, 0.4) is 0 Å². The topological polar surface area (TPSA) is 81.2 Å². The SMILES string of the molecule is Cc1ccc(-c2nc(CC(=O)Nc3ccc4oc(C5CC5)nc4c3)cs2)o1. The molecule has 5 rings (SSSR count). The molecule has 3 heterocycles. The summed E-state index contributed by atoms with van der Waals surface area (Å²) in [6.45, 7) is 1.89. The summed E-state index contributed by atoms with van der Waals surface area (Å²) in [5, 5.41) is 5.57. The first-order valence-corrected chi connectivity index (χ1v) is 9.73. The molecule has 1 fully saturated rings. The Morgan fingerprint density at radius 1 is 1.22 bits per heavy atom. The summed E-state index contributed by atoms with van der Waals surface area (Å²) in [5.74, 6) is 2.72. The number of anilines is 1. The fourth-order valence-electron chi connectivity index (χ4n) is 2.95. The average molecular weight is 379 g/mol. The van der Waals surface area contributed by atoms with Gasteiger partial charge in [-0.3, -0.25) is 4.79 Å². The van der Waals surface area contributed by atoms with E-state index in [1.165, 1.54) is 11.3 Å². The zero-order valence-corrected chi connectivity index (χ0v) is 15.5. The average Bonchev–Trinajstić information content (AvgIpc) is 3.02. The molecule has 7 heteroatoms. The maximum absolute atomic E-state index is 12.4. The van der Waals surface area contributed by atoms with Crippen molar-refractivity contribution in [3.8, 4) is 10.8 Å². The molecule has 6 nitrogen and oxygen atoms in total. The van der Waals surface area contributed by atoms with Gasteiger partial charge in [0.1, 0.15) is 11.3 Å². The monoisotopic (exact) mass is 379 g/mol. The van der Waals surface area contributed by atoms with Crippen LogP contribution in [-0.2, 0) is 11.2 Å². The molecule has 0 unspecified atom stereocenters. The maximum Gasteiger partial charge on any atom is 0.230 e. The molecule has 0 saturated heterocycles. The van der Waals surface area contributed by atoms with Crippen molar-refractivity contribution in [3.05, 3.63) is 53.1 Å². The molecule has 136 valence electrons. The number of carbonyl (C=O) groups excluding carboxylic acids is 1. The van der Waals surface area contributed by atoms with Gasteiger partial charge >= 0.3 is 0 Å². The van der Waals surface area contributed by atoms with E-state index in [2.05, 4.69) is 15.3 Å². The van der Waals surface area contributed by atoms with Crippen molar-refractivity contribution in [1.29, 1.82) is 0 Å². The summed E-state index contributed by atoms with van der Waals surface area (Å²) in [5.41, 5.74) is 2.96. The van der Waals surface area contributed by atoms with Crippen molar-refractivity contribution in [2.45, 2.75) is 32.1 Å². The number of hydrogen-bond acceptors (Lipinski definition) is 6. The van der Waals surface area contributed by atoms with Gasteiger partial charge in [-0.25, -0.2) is 9.97 Å². The van der Waals surface area contributed by atoms with Crippen LogP contribution in [-0.4, -0.2) is 15.9 Å². The minimum absolute atomic E-state index is 0.118. The molecule has 0 bridgehead atoms. The quantitative estimate of drug-likeness (QED) is 0.533. The van der Waals surface area contributed by atoms with Gasteiger partial charge in [0.05, 0.1) is 12.1 Å². The minimum atomic E-state index is -0.118. The number of fused-ring (bicyclic) bond motifs is 1. The number of carbonyl (C=O) groups is 1. The number of nitrogens with zero attached hydrogens (tertiary/aromatic N) is 2. The Bertz CT molecular complexity index is 1140. The molecule has 1 aliphatic rings. The predicted octanol–water partition coefficient (Wildman–Crippen LogP) is 4.91. The number of nitrogens with one attached hydrogen (secondary N) is 1. The number of aryl methyl sites for hydroxylation is 1. The number of hydrogen-bond donors (Lipinski definition) is 1. The van der Waals surface area contributed by atoms with Crippen molar-refractivity contribution >= 4 is 34.0 Å². The Kier molecular flexibility index (Phi) is 3.82. The summed E-state index contributed by atoms with van der Waals surface area (Å²) >= 11 is 1.47. The highest BCUT2D eigenvalue weighted by atomic mass is 32.1. The number of thiazole rings is 1. The molecule has 1 aromatic carbocycles. The van der Waals surface area contributed by atoms with Crippen LogP contribution < -0.4 is 5.32 Å². The zero-order chi connectivity index (χ0) is 18.4. The van der Waals surface area contributed by atoms with Crippen LogP contribution in [0.25, 0.3) is 21.9 Å². The van der Waals surface area contributed by atoms with Crippen LogP contribution in [0, 0.1) is 6.92 Å². The van der Waals surface area contributed by atoms with Gasteiger partial charge in [0, 0.05) is 17.0 Å². The van der Waals surface area contributed by atoms with Gasteiger partial charge in [-0.1, -0.05) is 0 Å². The van der Waals surface area contributed by atoms with E-state index in [4.69, 9.17) is 8.83 Å². The van der Waals surface area contributed by atoms with Crippen LogP contribution in [0.4, 0.5) is 5.69 Å². The van der Waals surface area contributed by atoms with E-state index in [-0.39, 0.29) is 12.3 Å². The van der Waals surface area contributed by atoms with Crippen LogP contribution in [0.2, 0.25) is 0 Å². The summed E-state index contributed by atoms with van der Waals surface area (Å²) in [4.78, 5) is 21.4. The van der Waals surface area contributed by atoms with E-state index < -0.39 is 0 Å². The first-order chi connectivity index (χ1) is 13.1. The molecule has 1 amide bonds. The van der Waals surface area contributed by atoms with E-state index in [0.29, 0.717) is 11.6 Å². The molecule has 3 aromatic heterocycles. The fraction of sp³-hybridized carbons (Fsp3) is 0.250. The molecule has 4 aromatic rings. The molecular formula is C20H17N3O3S. The largest absolute Gasteiger partial charge is 0.459 e. The Balaban J connectivity index is 1.27.